The number of nitrogens with one attached hydrogen (secondary N) is 1. The molecule has 0 spiro atoms. The fraction of sp³-hybridized carbons (Fsp3) is 0.421. The minimum atomic E-state index is -1.35. The fourth-order valence-corrected chi connectivity index (χ4v) is 7.78. The second kappa shape index (κ2) is 11.6. The SMILES string of the molecule is CCC[C@@H](C)c1ccc(Cl)cc1Cl.C[NH][Sb]([CH3])[c]1ccc(C(C)=O)s1. The van der Waals surface area contributed by atoms with E-state index in [1.165, 1.54) is 21.2 Å². The van der Waals surface area contributed by atoms with Crippen LogP contribution in [0.3, 0.4) is 0 Å². The van der Waals surface area contributed by atoms with Gasteiger partial charge in [-0.2, -0.15) is 0 Å². The first-order valence-corrected chi connectivity index (χ1v) is 14.9. The molecule has 1 aromatic heterocycles. The molecule has 0 aliphatic carbocycles. The van der Waals surface area contributed by atoms with E-state index in [2.05, 4.69) is 28.3 Å². The van der Waals surface area contributed by atoms with E-state index < -0.39 is 20.5 Å². The summed E-state index contributed by atoms with van der Waals surface area (Å²) < 4.78 is 4.71. The Balaban J connectivity index is 0.000000251. The van der Waals surface area contributed by atoms with Crippen LogP contribution >= 0.6 is 34.5 Å². The molecular weight excluding hydrogens is 483 g/mol. The third-order valence-corrected chi connectivity index (χ3v) is 12.2. The molecule has 0 aliphatic heterocycles. The van der Waals surface area contributed by atoms with Gasteiger partial charge in [0.25, 0.3) is 0 Å². The summed E-state index contributed by atoms with van der Waals surface area (Å²) in [6.07, 6.45) is 2.35. The van der Waals surface area contributed by atoms with Crippen LogP contribution in [0.25, 0.3) is 0 Å². The summed E-state index contributed by atoms with van der Waals surface area (Å²) in [5.74, 6) is 0.700. The van der Waals surface area contributed by atoms with Crippen molar-refractivity contribution in [1.29, 1.82) is 0 Å². The molecule has 0 saturated heterocycles. The van der Waals surface area contributed by atoms with Crippen LogP contribution in [0.4, 0.5) is 0 Å². The Hall–Kier alpha value is -0.0518. The number of Topliss-reactive ketones (excluding diaryl/α,β-unsaturated/α-hetero) is 1. The Bertz CT molecular complexity index is 690. The van der Waals surface area contributed by atoms with Crippen molar-refractivity contribution in [2.24, 2.45) is 0 Å². The van der Waals surface area contributed by atoms with Gasteiger partial charge in [0.15, 0.2) is 0 Å². The van der Waals surface area contributed by atoms with E-state index in [-0.39, 0.29) is 5.78 Å². The van der Waals surface area contributed by atoms with Crippen LogP contribution in [0, 0.1) is 0 Å². The van der Waals surface area contributed by atoms with Crippen LogP contribution in [0.5, 0.6) is 0 Å². The van der Waals surface area contributed by atoms with Crippen LogP contribution in [-0.4, -0.2) is 33.3 Å². The van der Waals surface area contributed by atoms with Gasteiger partial charge in [-0.05, 0) is 30.0 Å². The molecule has 0 saturated carbocycles. The van der Waals surface area contributed by atoms with Crippen LogP contribution < -0.4 is 6.30 Å². The van der Waals surface area contributed by atoms with E-state index in [9.17, 15) is 4.79 Å². The number of hydrogen-bond donors (Lipinski definition) is 1. The zero-order chi connectivity index (χ0) is 19.0. The molecule has 1 heterocycles. The standard InChI is InChI=1S/C11H14Cl2.C6H5OS.CH4N.CH3.Sb/c1-3-4-8(2)10-6-5-9(12)7-11(10)13;1-5(7)6-3-2-4-8-6;1-2;;/h5-8H,3-4H2,1-2H3;2-3H,1H3;2H,1H3;1H3;/q;;-1;;+1/t8-;;;;/m1..../s1. The van der Waals surface area contributed by atoms with Crippen molar-refractivity contribution >= 4 is 63.6 Å². The van der Waals surface area contributed by atoms with E-state index in [0.717, 1.165) is 9.90 Å². The number of ketones is 1. The van der Waals surface area contributed by atoms with Crippen LogP contribution in [0.15, 0.2) is 30.3 Å². The summed E-state index contributed by atoms with van der Waals surface area (Å²) in [7, 11) is 2.00. The first-order chi connectivity index (χ1) is 11.8. The first-order valence-electron chi connectivity index (χ1n) is 8.26. The van der Waals surface area contributed by atoms with E-state index in [1.807, 2.05) is 31.3 Å². The average Bonchev–Trinajstić information content (AvgIpc) is 3.05. The first kappa shape index (κ1) is 23.0. The maximum atomic E-state index is 11.0. The molecule has 2 rings (SSSR count). The normalized spacial score (nSPS) is 11.8. The third kappa shape index (κ3) is 7.60. The van der Waals surface area contributed by atoms with Gasteiger partial charge < -0.3 is 0 Å². The molecule has 0 aliphatic rings. The molecule has 6 heteroatoms. The Labute approximate surface area is 173 Å². The number of carbonyl (C=O) groups is 1. The summed E-state index contributed by atoms with van der Waals surface area (Å²) in [5.41, 5.74) is 1.20. The molecule has 0 fully saturated rings. The van der Waals surface area contributed by atoms with Gasteiger partial charge in [0.1, 0.15) is 0 Å². The molecule has 2 aromatic rings. The Morgan fingerprint density at radius 3 is 2.44 bits per heavy atom. The molecule has 138 valence electrons. The van der Waals surface area contributed by atoms with Crippen molar-refractivity contribution in [3.8, 4) is 0 Å². The van der Waals surface area contributed by atoms with Crippen LogP contribution in [0.2, 0.25) is 14.9 Å². The number of benzene rings is 1. The van der Waals surface area contributed by atoms with Crippen LogP contribution in [0.1, 0.15) is 54.8 Å². The Kier molecular flexibility index (Phi) is 10.7. The number of rotatable bonds is 6. The van der Waals surface area contributed by atoms with Crippen molar-refractivity contribution in [2.45, 2.75) is 44.4 Å². The van der Waals surface area contributed by atoms with E-state index in [1.54, 1.807) is 18.3 Å². The molecule has 2 nitrogen and oxygen atoms in total. The second-order valence-corrected chi connectivity index (χ2v) is 14.5. The molecule has 1 N–H and O–H groups in total. The molecule has 0 unspecified atom stereocenters. The van der Waals surface area contributed by atoms with Crippen LogP contribution in [-0.2, 0) is 0 Å². The molecule has 25 heavy (non-hydrogen) atoms. The summed E-state index contributed by atoms with van der Waals surface area (Å²) in [6.45, 7) is 5.99. The van der Waals surface area contributed by atoms with Crippen molar-refractivity contribution in [2.75, 3.05) is 7.05 Å². The number of carbonyl (C=O) groups excluding carboxylic acids is 1. The third-order valence-electron chi connectivity index (χ3n) is 3.82. The van der Waals surface area contributed by atoms with E-state index in [0.29, 0.717) is 10.9 Å². The van der Waals surface area contributed by atoms with Gasteiger partial charge in [-0.3, -0.25) is 0 Å². The van der Waals surface area contributed by atoms with Crippen molar-refractivity contribution in [3.05, 3.63) is 50.8 Å². The van der Waals surface area contributed by atoms with Gasteiger partial charge in [0.2, 0.25) is 0 Å². The van der Waals surface area contributed by atoms with Crippen molar-refractivity contribution in [1.82, 2.24) is 3.48 Å². The van der Waals surface area contributed by atoms with Gasteiger partial charge in [0, 0.05) is 10.0 Å². The summed E-state index contributed by atoms with van der Waals surface area (Å²) in [5, 5.41) is 1.49. The van der Waals surface area contributed by atoms with Crippen molar-refractivity contribution in [3.63, 3.8) is 0 Å². The molecular formula is C19H26Cl2NOSSb. The zero-order valence-corrected chi connectivity index (χ0v) is 20.3. The van der Waals surface area contributed by atoms with E-state index in [4.69, 9.17) is 23.2 Å². The summed E-state index contributed by atoms with van der Waals surface area (Å²) in [4.78, 5) is 14.1. The molecule has 1 aromatic carbocycles. The molecule has 0 bridgehead atoms. The Morgan fingerprint density at radius 1 is 1.28 bits per heavy atom. The fourth-order valence-electron chi connectivity index (χ4n) is 2.30. The second-order valence-electron chi connectivity index (χ2n) is 5.83. The average molecular weight is 509 g/mol. The minimum absolute atomic E-state index is 0.177. The topological polar surface area (TPSA) is 29.1 Å². The van der Waals surface area contributed by atoms with E-state index >= 15 is 0 Å². The zero-order valence-electron chi connectivity index (χ0n) is 15.4. The maximum absolute atomic E-state index is 11.0. The summed E-state index contributed by atoms with van der Waals surface area (Å²) >= 11 is 12.2. The number of halogens is 2. The van der Waals surface area contributed by atoms with Gasteiger partial charge >= 0.3 is 84.6 Å². The quantitative estimate of drug-likeness (QED) is 0.389. The number of hydrogen-bond acceptors (Lipinski definition) is 3. The number of thiophene rings is 1. The summed E-state index contributed by atoms with van der Waals surface area (Å²) in [6, 6.07) is 9.74. The molecule has 0 radical (unpaired) electrons. The van der Waals surface area contributed by atoms with Gasteiger partial charge in [-0.1, -0.05) is 49.5 Å². The predicted octanol–water partition coefficient (Wildman–Crippen LogP) is 5.90. The molecule has 0 amide bonds. The monoisotopic (exact) mass is 507 g/mol. The molecule has 1 atom stereocenters. The van der Waals surface area contributed by atoms with Gasteiger partial charge in [-0.25, -0.2) is 0 Å². The Morgan fingerprint density at radius 2 is 1.96 bits per heavy atom. The van der Waals surface area contributed by atoms with Gasteiger partial charge in [-0.15, -0.1) is 0 Å². The van der Waals surface area contributed by atoms with Gasteiger partial charge in [0.05, 0.1) is 0 Å². The predicted molar refractivity (Wildman–Crippen MR) is 114 cm³/mol. The van der Waals surface area contributed by atoms with Crippen molar-refractivity contribution < 1.29 is 4.79 Å².